The molecule has 5 N–H and O–H groups in total. The molecule has 10 nitrogen and oxygen atoms in total. The highest BCUT2D eigenvalue weighted by molar-refractivity contribution is 5.73. The number of hydrogen-bond donors (Lipinski definition) is 3. The lowest BCUT2D eigenvalue weighted by molar-refractivity contribution is -0.0862. The number of hydrogen-bond acceptors (Lipinski definition) is 8. The van der Waals surface area contributed by atoms with E-state index in [9.17, 15) is 4.79 Å². The van der Waals surface area contributed by atoms with Crippen molar-refractivity contribution < 1.29 is 14.2 Å². The van der Waals surface area contributed by atoms with Gasteiger partial charge in [0, 0.05) is 0 Å². The summed E-state index contributed by atoms with van der Waals surface area (Å²) in [6, 6.07) is 19.7. The van der Waals surface area contributed by atoms with Crippen LogP contribution in [0.5, 0.6) is 0 Å². The van der Waals surface area contributed by atoms with Crippen molar-refractivity contribution in [2.24, 2.45) is 0 Å². The topological polar surface area (TPSA) is 143 Å². The minimum Gasteiger partial charge on any atom is -0.374 e. The van der Waals surface area contributed by atoms with Crippen LogP contribution in [-0.2, 0) is 34.2 Å². The van der Waals surface area contributed by atoms with E-state index in [0.717, 1.165) is 11.1 Å². The number of anilines is 2. The molecule has 0 saturated carbocycles. The largest absolute Gasteiger partial charge is 0.374 e. The van der Waals surface area contributed by atoms with Crippen molar-refractivity contribution in [2.75, 3.05) is 24.7 Å². The van der Waals surface area contributed by atoms with Crippen molar-refractivity contribution in [2.45, 2.75) is 26.0 Å². The van der Waals surface area contributed by atoms with Crippen molar-refractivity contribution in [3.8, 4) is 0 Å². The third-order valence-corrected chi connectivity index (χ3v) is 4.92. The molecule has 0 aliphatic rings. The number of nitrogens with one attached hydrogen (secondary N) is 1. The van der Waals surface area contributed by atoms with E-state index in [2.05, 4.69) is 15.0 Å². The molecule has 0 aliphatic heterocycles. The van der Waals surface area contributed by atoms with Gasteiger partial charge in [0.05, 0.1) is 26.4 Å². The van der Waals surface area contributed by atoms with Crippen molar-refractivity contribution in [3.63, 3.8) is 0 Å². The van der Waals surface area contributed by atoms with Crippen LogP contribution in [0.2, 0.25) is 0 Å². The fourth-order valence-electron chi connectivity index (χ4n) is 3.26. The van der Waals surface area contributed by atoms with Gasteiger partial charge in [0.25, 0.3) is 5.56 Å². The van der Waals surface area contributed by atoms with Gasteiger partial charge >= 0.3 is 0 Å². The molecule has 0 bridgehead atoms. The monoisotopic (exact) mass is 450 g/mol. The number of rotatable bonds is 11. The van der Waals surface area contributed by atoms with Gasteiger partial charge in [-0.25, -0.2) is 4.98 Å². The van der Waals surface area contributed by atoms with Gasteiger partial charge in [-0.05, 0) is 11.1 Å². The van der Waals surface area contributed by atoms with E-state index in [1.807, 2.05) is 60.7 Å². The summed E-state index contributed by atoms with van der Waals surface area (Å²) >= 11 is 0. The van der Waals surface area contributed by atoms with Crippen LogP contribution in [0.25, 0.3) is 11.2 Å². The first-order chi connectivity index (χ1) is 16.1. The van der Waals surface area contributed by atoms with Gasteiger partial charge in [-0.2, -0.15) is 4.98 Å². The highest BCUT2D eigenvalue weighted by Gasteiger charge is 2.17. The van der Waals surface area contributed by atoms with E-state index < -0.39 is 11.7 Å². The van der Waals surface area contributed by atoms with Gasteiger partial charge in [-0.15, -0.1) is 0 Å². The zero-order chi connectivity index (χ0) is 23.0. The van der Waals surface area contributed by atoms with Crippen LogP contribution < -0.4 is 17.0 Å². The van der Waals surface area contributed by atoms with Crippen LogP contribution in [0.4, 0.5) is 11.9 Å². The van der Waals surface area contributed by atoms with Crippen LogP contribution in [0, 0.1) is 0 Å². The predicted molar refractivity (Wildman–Crippen MR) is 124 cm³/mol. The second kappa shape index (κ2) is 10.7. The summed E-state index contributed by atoms with van der Waals surface area (Å²) < 4.78 is 19.2. The molecule has 4 aromatic rings. The van der Waals surface area contributed by atoms with Gasteiger partial charge in [0.2, 0.25) is 11.9 Å². The number of benzene rings is 2. The van der Waals surface area contributed by atoms with E-state index in [4.69, 9.17) is 25.7 Å². The van der Waals surface area contributed by atoms with E-state index >= 15 is 0 Å². The minimum absolute atomic E-state index is 0.00624. The summed E-state index contributed by atoms with van der Waals surface area (Å²) in [7, 11) is 0. The van der Waals surface area contributed by atoms with E-state index in [0.29, 0.717) is 26.4 Å². The summed E-state index contributed by atoms with van der Waals surface area (Å²) in [6.45, 7) is 1.50. The first-order valence-electron chi connectivity index (χ1n) is 10.5. The lowest BCUT2D eigenvalue weighted by atomic mass is 10.2. The molecule has 0 radical (unpaired) electrons. The summed E-state index contributed by atoms with van der Waals surface area (Å²) in [6.07, 6.45) is -0.395. The molecule has 33 heavy (non-hydrogen) atoms. The number of nitrogens with two attached hydrogens (primary N) is 2. The summed E-state index contributed by atoms with van der Waals surface area (Å²) in [5, 5.41) is 0. The number of ether oxygens (including phenoxy) is 3. The zero-order valence-corrected chi connectivity index (χ0v) is 18.0. The van der Waals surface area contributed by atoms with Crippen LogP contribution in [0.15, 0.2) is 65.5 Å². The predicted octanol–water partition coefficient (Wildman–Crippen LogP) is 2.06. The van der Waals surface area contributed by atoms with Crippen LogP contribution >= 0.6 is 0 Å². The molecule has 0 aliphatic carbocycles. The Morgan fingerprint density at radius 1 is 0.879 bits per heavy atom. The summed E-state index contributed by atoms with van der Waals surface area (Å²) in [5.41, 5.74) is 13.7. The van der Waals surface area contributed by atoms with Crippen LogP contribution in [0.1, 0.15) is 11.1 Å². The van der Waals surface area contributed by atoms with E-state index in [-0.39, 0.29) is 29.8 Å². The number of nitrogens with zero attached hydrogens (tertiary/aromatic N) is 3. The second-order valence-electron chi connectivity index (χ2n) is 7.44. The summed E-state index contributed by atoms with van der Waals surface area (Å²) in [5.74, 6) is 0.0744. The zero-order valence-electron chi connectivity index (χ0n) is 18.0. The normalized spacial score (nSPS) is 11.4. The molecule has 2 heterocycles. The fourth-order valence-corrected chi connectivity index (χ4v) is 3.26. The van der Waals surface area contributed by atoms with Gasteiger partial charge in [-0.3, -0.25) is 14.3 Å². The fraction of sp³-hybridized carbons (Fsp3) is 0.261. The highest BCUT2D eigenvalue weighted by Crippen LogP contribution is 2.14. The third kappa shape index (κ3) is 5.95. The van der Waals surface area contributed by atoms with Gasteiger partial charge in [0.1, 0.15) is 12.8 Å². The molecule has 0 saturated heterocycles. The highest BCUT2D eigenvalue weighted by atomic mass is 16.6. The number of fused-ring (bicyclic) bond motifs is 1. The van der Waals surface area contributed by atoms with Crippen molar-refractivity contribution in [3.05, 3.63) is 82.1 Å². The maximum Gasteiger partial charge on any atom is 0.280 e. The molecule has 0 unspecified atom stereocenters. The van der Waals surface area contributed by atoms with Crippen LogP contribution in [-0.4, -0.2) is 38.8 Å². The average molecular weight is 450 g/mol. The Hall–Kier alpha value is -3.73. The molecule has 2 aromatic heterocycles. The van der Waals surface area contributed by atoms with Gasteiger partial charge < -0.3 is 25.7 Å². The molecule has 10 heteroatoms. The molecular formula is C23H26N6O4. The van der Waals surface area contributed by atoms with Gasteiger partial charge in [0.15, 0.2) is 11.2 Å². The number of nitrogen functional groups attached to an aromatic ring is 2. The Kier molecular flexibility index (Phi) is 7.30. The Balaban J connectivity index is 1.41. The Morgan fingerprint density at radius 3 is 2.03 bits per heavy atom. The van der Waals surface area contributed by atoms with Crippen LogP contribution in [0.3, 0.4) is 0 Å². The first-order valence-corrected chi connectivity index (χ1v) is 10.5. The minimum atomic E-state index is -0.461. The molecule has 172 valence electrons. The van der Waals surface area contributed by atoms with E-state index in [1.54, 1.807) is 0 Å². The molecule has 4 rings (SSSR count). The smallest absolute Gasteiger partial charge is 0.280 e. The maximum absolute atomic E-state index is 12.1. The molecule has 0 fully saturated rings. The van der Waals surface area contributed by atoms with Crippen molar-refractivity contribution >= 4 is 23.1 Å². The third-order valence-electron chi connectivity index (χ3n) is 4.92. The number of aromatic nitrogens is 4. The molecule has 0 spiro atoms. The molecule has 0 atom stereocenters. The number of aromatic amines is 1. The van der Waals surface area contributed by atoms with Crippen molar-refractivity contribution in [1.29, 1.82) is 0 Å². The SMILES string of the molecule is Nc1nc2c(nc(N)n2COC(COCc2ccccc2)COCc2ccccc2)c(=O)[nH]1. The Labute approximate surface area is 190 Å². The maximum atomic E-state index is 12.1. The first kappa shape index (κ1) is 22.5. The number of imidazole rings is 1. The lowest BCUT2D eigenvalue weighted by Crippen LogP contribution is -2.27. The lowest BCUT2D eigenvalue weighted by Gasteiger charge is -2.19. The van der Waals surface area contributed by atoms with Gasteiger partial charge in [-0.1, -0.05) is 60.7 Å². The molecule has 0 amide bonds. The Bertz CT molecular complexity index is 1180. The average Bonchev–Trinajstić information content (AvgIpc) is 3.14. The quantitative estimate of drug-likeness (QED) is 0.315. The molecule has 2 aromatic carbocycles. The second-order valence-corrected chi connectivity index (χ2v) is 7.44. The molecular weight excluding hydrogens is 424 g/mol. The van der Waals surface area contributed by atoms with Crippen molar-refractivity contribution in [1.82, 2.24) is 19.5 Å². The summed E-state index contributed by atoms with van der Waals surface area (Å²) in [4.78, 5) is 22.7. The van der Waals surface area contributed by atoms with E-state index in [1.165, 1.54) is 4.57 Å². The number of H-pyrrole nitrogens is 1. The standard InChI is InChI=1S/C23H26N6O4/c24-22-27-20-19(21(30)28-22)26-23(25)29(20)15-33-18(13-31-11-16-7-3-1-4-8-16)14-32-12-17-9-5-2-6-10-17/h1-10,18H,11-15H2,(H2,25,26)(H3,24,27,28,30). The Morgan fingerprint density at radius 2 is 1.45 bits per heavy atom.